The van der Waals surface area contributed by atoms with Crippen LogP contribution in [0, 0.1) is 13.8 Å². The Bertz CT molecular complexity index is 1150. The summed E-state index contributed by atoms with van der Waals surface area (Å²) in [5, 5.41) is 14.8. The highest BCUT2D eigenvalue weighted by Crippen LogP contribution is 2.20. The Kier molecular flexibility index (Phi) is 7.38. The lowest BCUT2D eigenvalue weighted by Gasteiger charge is -2.13. The quantitative estimate of drug-likeness (QED) is 0.427. The summed E-state index contributed by atoms with van der Waals surface area (Å²) in [5.74, 6) is 0.418. The van der Waals surface area contributed by atoms with Crippen LogP contribution in [0.2, 0.25) is 0 Å². The molecule has 0 saturated heterocycles. The number of likely N-dealkylation sites (N-methyl/N-ethyl adjacent to an activating group) is 1. The minimum absolute atomic E-state index is 0.176. The van der Waals surface area contributed by atoms with Crippen molar-refractivity contribution in [3.05, 3.63) is 76.5 Å². The predicted octanol–water partition coefficient (Wildman–Crippen LogP) is 4.00. The van der Waals surface area contributed by atoms with Crippen LogP contribution in [0.3, 0.4) is 0 Å². The van der Waals surface area contributed by atoms with Crippen LogP contribution in [-0.4, -0.2) is 36.6 Å². The maximum Gasteiger partial charge on any atom is 0.273 e. The summed E-state index contributed by atoms with van der Waals surface area (Å²) in [5.41, 5.74) is 5.96. The fourth-order valence-electron chi connectivity index (χ4n) is 3.17. The van der Waals surface area contributed by atoms with Gasteiger partial charge in [0.05, 0.1) is 5.71 Å². The van der Waals surface area contributed by atoms with Gasteiger partial charge in [0.1, 0.15) is 25.2 Å². The number of aryl methyl sites for hydroxylation is 2. The molecule has 8 nitrogen and oxygen atoms in total. The highest BCUT2D eigenvalue weighted by atomic mass is 16.6. The number of aromatic nitrogens is 1. The number of oxime groups is 2. The first kappa shape index (κ1) is 22.7. The minimum atomic E-state index is -0.347. The van der Waals surface area contributed by atoms with Gasteiger partial charge in [-0.1, -0.05) is 57.9 Å². The van der Waals surface area contributed by atoms with Crippen molar-refractivity contribution in [3.8, 4) is 11.3 Å². The third-order valence-corrected chi connectivity index (χ3v) is 4.93. The van der Waals surface area contributed by atoms with E-state index in [0.29, 0.717) is 5.56 Å². The lowest BCUT2D eigenvalue weighted by Crippen LogP contribution is -2.29. The van der Waals surface area contributed by atoms with Crippen LogP contribution in [-0.2, 0) is 21.1 Å². The first-order chi connectivity index (χ1) is 15.4. The number of nitrogens with zero attached hydrogens (tertiary/aromatic N) is 3. The molecule has 1 aromatic heterocycles. The van der Waals surface area contributed by atoms with E-state index in [1.54, 1.807) is 13.1 Å². The average molecular weight is 434 g/mol. The van der Waals surface area contributed by atoms with Gasteiger partial charge in [-0.2, -0.15) is 0 Å². The van der Waals surface area contributed by atoms with Gasteiger partial charge in [0.2, 0.25) is 0 Å². The van der Waals surface area contributed by atoms with E-state index >= 15 is 0 Å². The topological polar surface area (TPSA) is 98.3 Å². The third-order valence-electron chi connectivity index (χ3n) is 4.93. The Morgan fingerprint density at radius 1 is 1.12 bits per heavy atom. The monoisotopic (exact) mass is 434 g/mol. The SMILES string of the molecule is CNC(=O)/C(=N/OC)c1cccc(C)c1CO/N=C(\C)c1ccc(-c2cc(C)on2)cc1. The average Bonchev–Trinajstić information content (AvgIpc) is 3.24. The molecular weight excluding hydrogens is 408 g/mol. The molecule has 0 saturated carbocycles. The van der Waals surface area contributed by atoms with Crippen molar-refractivity contribution < 1.29 is 19.0 Å². The van der Waals surface area contributed by atoms with E-state index in [4.69, 9.17) is 14.2 Å². The second-order valence-corrected chi connectivity index (χ2v) is 7.15. The Labute approximate surface area is 186 Å². The summed E-state index contributed by atoms with van der Waals surface area (Å²) in [7, 11) is 2.94. The van der Waals surface area contributed by atoms with E-state index in [1.807, 2.05) is 63.2 Å². The fraction of sp³-hybridized carbons (Fsp3) is 0.250. The number of carbonyl (C=O) groups excluding carboxylic acids is 1. The van der Waals surface area contributed by atoms with Gasteiger partial charge in [-0.15, -0.1) is 0 Å². The molecule has 0 atom stereocenters. The molecular formula is C24H26N4O4. The van der Waals surface area contributed by atoms with E-state index in [-0.39, 0.29) is 18.2 Å². The lowest BCUT2D eigenvalue weighted by atomic mass is 9.98. The summed E-state index contributed by atoms with van der Waals surface area (Å²) in [6.45, 7) is 5.85. The van der Waals surface area contributed by atoms with Crippen molar-refractivity contribution in [2.75, 3.05) is 14.2 Å². The highest BCUT2D eigenvalue weighted by molar-refractivity contribution is 6.45. The molecule has 0 aliphatic heterocycles. The zero-order valence-electron chi connectivity index (χ0n) is 18.8. The molecule has 2 aromatic carbocycles. The first-order valence-corrected chi connectivity index (χ1v) is 10.1. The maximum absolute atomic E-state index is 12.3. The van der Waals surface area contributed by atoms with E-state index in [2.05, 4.69) is 20.8 Å². The fourth-order valence-corrected chi connectivity index (χ4v) is 3.17. The predicted molar refractivity (Wildman–Crippen MR) is 122 cm³/mol. The third kappa shape index (κ3) is 5.21. The molecule has 1 amide bonds. The second kappa shape index (κ2) is 10.4. The first-order valence-electron chi connectivity index (χ1n) is 10.1. The second-order valence-electron chi connectivity index (χ2n) is 7.15. The summed E-state index contributed by atoms with van der Waals surface area (Å²) >= 11 is 0. The molecule has 166 valence electrons. The molecule has 0 unspecified atom stereocenters. The van der Waals surface area contributed by atoms with Crippen molar-refractivity contribution in [2.45, 2.75) is 27.4 Å². The van der Waals surface area contributed by atoms with Crippen LogP contribution in [0.4, 0.5) is 0 Å². The Morgan fingerprint density at radius 3 is 2.50 bits per heavy atom. The molecule has 0 spiro atoms. The summed E-state index contributed by atoms with van der Waals surface area (Å²) in [6.07, 6.45) is 0. The van der Waals surface area contributed by atoms with Crippen molar-refractivity contribution in [1.82, 2.24) is 10.5 Å². The number of rotatable bonds is 8. The van der Waals surface area contributed by atoms with E-state index in [0.717, 1.165) is 39.4 Å². The zero-order chi connectivity index (χ0) is 23.1. The van der Waals surface area contributed by atoms with E-state index < -0.39 is 0 Å². The van der Waals surface area contributed by atoms with Crippen LogP contribution in [0.15, 0.2) is 63.4 Å². The van der Waals surface area contributed by atoms with E-state index in [1.165, 1.54) is 7.11 Å². The Morgan fingerprint density at radius 2 is 1.88 bits per heavy atom. The Hall–Kier alpha value is -3.94. The van der Waals surface area contributed by atoms with Gasteiger partial charge in [0, 0.05) is 29.8 Å². The van der Waals surface area contributed by atoms with Gasteiger partial charge in [-0.3, -0.25) is 4.79 Å². The van der Waals surface area contributed by atoms with Crippen LogP contribution in [0.1, 0.15) is 34.9 Å². The molecule has 0 aliphatic carbocycles. The molecule has 3 aromatic rings. The molecule has 3 rings (SSSR count). The van der Waals surface area contributed by atoms with Crippen molar-refractivity contribution in [3.63, 3.8) is 0 Å². The normalized spacial score (nSPS) is 11.9. The summed E-state index contributed by atoms with van der Waals surface area (Å²) in [6, 6.07) is 15.3. The van der Waals surface area contributed by atoms with Gasteiger partial charge in [-0.25, -0.2) is 0 Å². The van der Waals surface area contributed by atoms with Crippen LogP contribution in [0.5, 0.6) is 0 Å². The smallest absolute Gasteiger partial charge is 0.273 e. The summed E-state index contributed by atoms with van der Waals surface area (Å²) < 4.78 is 5.13. The van der Waals surface area contributed by atoms with Crippen LogP contribution in [0.25, 0.3) is 11.3 Å². The molecule has 0 aliphatic rings. The molecule has 0 fully saturated rings. The Balaban J connectivity index is 1.77. The van der Waals surface area contributed by atoms with E-state index in [9.17, 15) is 4.79 Å². The molecule has 1 N–H and O–H groups in total. The van der Waals surface area contributed by atoms with Crippen molar-refractivity contribution >= 4 is 17.3 Å². The standard InChI is InChI=1S/C24H26N4O4/c1-15-7-6-8-20(23(28-30-5)24(29)25-4)21(15)14-31-26-17(3)18-9-11-19(12-10-18)22-13-16(2)32-27-22/h6-13H,14H2,1-5H3,(H,25,29)/b26-17+,28-23+. The molecule has 0 radical (unpaired) electrons. The largest absolute Gasteiger partial charge is 0.398 e. The number of hydrogen-bond donors (Lipinski definition) is 1. The van der Waals surface area contributed by atoms with Crippen molar-refractivity contribution in [1.29, 1.82) is 0 Å². The summed E-state index contributed by atoms with van der Waals surface area (Å²) in [4.78, 5) is 22.8. The number of benzene rings is 2. The zero-order valence-corrected chi connectivity index (χ0v) is 18.8. The highest BCUT2D eigenvalue weighted by Gasteiger charge is 2.19. The lowest BCUT2D eigenvalue weighted by molar-refractivity contribution is -0.114. The minimum Gasteiger partial charge on any atom is -0.398 e. The van der Waals surface area contributed by atoms with Gasteiger partial charge in [0.25, 0.3) is 5.91 Å². The molecule has 1 heterocycles. The number of hydrogen-bond acceptors (Lipinski definition) is 7. The van der Waals surface area contributed by atoms with Gasteiger partial charge in [-0.05, 0) is 31.9 Å². The van der Waals surface area contributed by atoms with Crippen LogP contribution >= 0.6 is 0 Å². The van der Waals surface area contributed by atoms with Crippen LogP contribution < -0.4 is 5.32 Å². The van der Waals surface area contributed by atoms with Gasteiger partial charge in [0.15, 0.2) is 5.71 Å². The molecule has 0 bridgehead atoms. The maximum atomic E-state index is 12.3. The van der Waals surface area contributed by atoms with Gasteiger partial charge >= 0.3 is 0 Å². The van der Waals surface area contributed by atoms with Gasteiger partial charge < -0.3 is 19.5 Å². The number of nitrogens with one attached hydrogen (secondary N) is 1. The molecule has 8 heteroatoms. The molecule has 32 heavy (non-hydrogen) atoms. The van der Waals surface area contributed by atoms with Crippen molar-refractivity contribution in [2.24, 2.45) is 10.3 Å². The number of amides is 1. The number of carbonyl (C=O) groups is 1.